The van der Waals surface area contributed by atoms with Gasteiger partial charge in [-0.15, -0.1) is 0 Å². The van der Waals surface area contributed by atoms with Gasteiger partial charge in [-0.3, -0.25) is 0 Å². The van der Waals surface area contributed by atoms with Gasteiger partial charge in [-0.2, -0.15) is 0 Å². The normalized spacial score (nSPS) is 10.4. The quantitative estimate of drug-likeness (QED) is 0.559. The van der Waals surface area contributed by atoms with Gasteiger partial charge in [-0.1, -0.05) is 78.3 Å². The summed E-state index contributed by atoms with van der Waals surface area (Å²) in [6.07, 6.45) is 0. The highest BCUT2D eigenvalue weighted by molar-refractivity contribution is 6.30. The monoisotopic (exact) mass is 264 g/mol. The molecule has 0 amide bonds. The van der Waals surface area contributed by atoms with Crippen LogP contribution < -0.4 is 0 Å². The van der Waals surface area contributed by atoms with Crippen LogP contribution in [0.15, 0.2) is 78.9 Å². The predicted octanol–water partition coefficient (Wildman–Crippen LogP) is 5.67. The highest BCUT2D eigenvalue weighted by atomic mass is 35.5. The van der Waals surface area contributed by atoms with Gasteiger partial charge in [0.25, 0.3) is 0 Å². The number of hydrogen-bond donors (Lipinski definition) is 0. The standard InChI is InChI=1S/C18H13Cl/c19-18-12-10-17(11-13-18)16-8-6-15(7-9-16)14-4-2-1-3-5-14/h1-13H. The maximum atomic E-state index is 5.90. The second kappa shape index (κ2) is 5.29. The molecule has 0 N–H and O–H groups in total. The molecule has 19 heavy (non-hydrogen) atoms. The van der Waals surface area contributed by atoms with Crippen LogP contribution in [0.4, 0.5) is 0 Å². The van der Waals surface area contributed by atoms with Crippen molar-refractivity contribution in [3.8, 4) is 22.3 Å². The molecule has 3 rings (SSSR count). The van der Waals surface area contributed by atoms with Crippen molar-refractivity contribution < 1.29 is 0 Å². The van der Waals surface area contributed by atoms with E-state index < -0.39 is 0 Å². The van der Waals surface area contributed by atoms with Crippen LogP contribution in [0.3, 0.4) is 0 Å². The van der Waals surface area contributed by atoms with Gasteiger partial charge in [0.05, 0.1) is 0 Å². The third-order valence-corrected chi connectivity index (χ3v) is 3.42. The Morgan fingerprint density at radius 1 is 0.421 bits per heavy atom. The molecule has 0 spiro atoms. The first-order valence-electron chi connectivity index (χ1n) is 6.24. The summed E-state index contributed by atoms with van der Waals surface area (Å²) in [4.78, 5) is 0. The third-order valence-electron chi connectivity index (χ3n) is 3.17. The van der Waals surface area contributed by atoms with Crippen LogP contribution in [-0.4, -0.2) is 0 Å². The van der Waals surface area contributed by atoms with Gasteiger partial charge in [0.15, 0.2) is 0 Å². The SMILES string of the molecule is Clc1ccc(-c2ccc(-c3ccccc3)cc2)cc1. The van der Waals surface area contributed by atoms with E-state index in [9.17, 15) is 0 Å². The molecule has 1 heteroatoms. The first-order valence-corrected chi connectivity index (χ1v) is 6.62. The Labute approximate surface area is 118 Å². The Morgan fingerprint density at radius 2 is 0.789 bits per heavy atom. The average Bonchev–Trinajstić information content (AvgIpc) is 2.49. The van der Waals surface area contributed by atoms with Crippen LogP contribution in [0.2, 0.25) is 5.02 Å². The van der Waals surface area contributed by atoms with Crippen LogP contribution in [0, 0.1) is 0 Å². The van der Waals surface area contributed by atoms with Gasteiger partial charge in [-0.05, 0) is 34.4 Å². The van der Waals surface area contributed by atoms with Crippen molar-refractivity contribution in [1.82, 2.24) is 0 Å². The zero-order valence-corrected chi connectivity index (χ0v) is 11.1. The summed E-state index contributed by atoms with van der Waals surface area (Å²) in [5.74, 6) is 0. The highest BCUT2D eigenvalue weighted by Crippen LogP contribution is 2.25. The van der Waals surface area contributed by atoms with Gasteiger partial charge in [0.2, 0.25) is 0 Å². The number of rotatable bonds is 2. The number of benzene rings is 3. The molecule has 0 fully saturated rings. The zero-order valence-electron chi connectivity index (χ0n) is 10.4. The van der Waals surface area contributed by atoms with Gasteiger partial charge in [0.1, 0.15) is 0 Å². The lowest BCUT2D eigenvalue weighted by Crippen LogP contribution is -1.80. The molecule has 0 aliphatic carbocycles. The molecule has 0 aromatic heterocycles. The second-order valence-corrected chi connectivity index (χ2v) is 4.89. The van der Waals surface area contributed by atoms with Crippen molar-refractivity contribution in [2.75, 3.05) is 0 Å². The molecular formula is C18H13Cl. The van der Waals surface area contributed by atoms with E-state index in [4.69, 9.17) is 11.6 Å². The second-order valence-electron chi connectivity index (χ2n) is 4.45. The summed E-state index contributed by atoms with van der Waals surface area (Å²) >= 11 is 5.90. The van der Waals surface area contributed by atoms with Crippen LogP contribution in [0.5, 0.6) is 0 Å². The van der Waals surface area contributed by atoms with Gasteiger partial charge in [0, 0.05) is 5.02 Å². The Balaban J connectivity index is 1.93. The highest BCUT2D eigenvalue weighted by Gasteiger charge is 1.99. The van der Waals surface area contributed by atoms with Gasteiger partial charge >= 0.3 is 0 Å². The summed E-state index contributed by atoms with van der Waals surface area (Å²) in [5, 5.41) is 0.768. The van der Waals surface area contributed by atoms with Crippen molar-refractivity contribution in [2.24, 2.45) is 0 Å². The molecule has 3 aromatic rings. The third kappa shape index (κ3) is 2.69. The van der Waals surface area contributed by atoms with E-state index in [2.05, 4.69) is 48.5 Å². The first kappa shape index (κ1) is 12.0. The fourth-order valence-electron chi connectivity index (χ4n) is 2.13. The average molecular weight is 265 g/mol. The molecule has 0 saturated heterocycles. The largest absolute Gasteiger partial charge is 0.0843 e. The van der Waals surface area contributed by atoms with Gasteiger partial charge in [-0.25, -0.2) is 0 Å². The topological polar surface area (TPSA) is 0 Å². The molecule has 0 radical (unpaired) electrons. The Morgan fingerprint density at radius 3 is 1.26 bits per heavy atom. The summed E-state index contributed by atoms with van der Waals surface area (Å²) in [6, 6.07) is 26.9. The first-order chi connectivity index (χ1) is 9.33. The van der Waals surface area contributed by atoms with Crippen molar-refractivity contribution >= 4 is 11.6 Å². The summed E-state index contributed by atoms with van der Waals surface area (Å²) in [6.45, 7) is 0. The zero-order chi connectivity index (χ0) is 13.1. The summed E-state index contributed by atoms with van der Waals surface area (Å²) in [5.41, 5.74) is 4.86. The molecule has 0 saturated carbocycles. The smallest absolute Gasteiger partial charge is 0.0406 e. The van der Waals surface area contributed by atoms with Crippen molar-refractivity contribution in [3.05, 3.63) is 83.9 Å². The molecule has 0 aliphatic rings. The molecule has 0 nitrogen and oxygen atoms in total. The van der Waals surface area contributed by atoms with E-state index in [1.807, 2.05) is 30.3 Å². The number of halogens is 1. The minimum Gasteiger partial charge on any atom is -0.0843 e. The van der Waals surface area contributed by atoms with Crippen LogP contribution in [0.25, 0.3) is 22.3 Å². The van der Waals surface area contributed by atoms with Crippen LogP contribution in [0.1, 0.15) is 0 Å². The fraction of sp³-hybridized carbons (Fsp3) is 0. The van der Waals surface area contributed by atoms with E-state index >= 15 is 0 Å². The van der Waals surface area contributed by atoms with E-state index in [1.54, 1.807) is 0 Å². The Hall–Kier alpha value is -2.05. The molecular weight excluding hydrogens is 252 g/mol. The van der Waals surface area contributed by atoms with E-state index in [1.165, 1.54) is 22.3 Å². The van der Waals surface area contributed by atoms with Crippen LogP contribution >= 0.6 is 11.6 Å². The summed E-state index contributed by atoms with van der Waals surface area (Å²) in [7, 11) is 0. The lowest BCUT2D eigenvalue weighted by atomic mass is 10.0. The Bertz CT molecular complexity index is 652. The minimum absolute atomic E-state index is 0.768. The molecule has 0 unspecified atom stereocenters. The van der Waals surface area contributed by atoms with Crippen molar-refractivity contribution in [2.45, 2.75) is 0 Å². The minimum atomic E-state index is 0.768. The van der Waals surface area contributed by atoms with Crippen molar-refractivity contribution in [1.29, 1.82) is 0 Å². The summed E-state index contributed by atoms with van der Waals surface area (Å²) < 4.78 is 0. The lowest BCUT2D eigenvalue weighted by molar-refractivity contribution is 1.59. The molecule has 0 bridgehead atoms. The number of hydrogen-bond acceptors (Lipinski definition) is 0. The molecule has 0 aliphatic heterocycles. The lowest BCUT2D eigenvalue weighted by Gasteiger charge is -2.05. The maximum Gasteiger partial charge on any atom is 0.0406 e. The van der Waals surface area contributed by atoms with Gasteiger partial charge < -0.3 is 0 Å². The molecule has 92 valence electrons. The van der Waals surface area contributed by atoms with E-state index in [0.29, 0.717) is 0 Å². The van der Waals surface area contributed by atoms with E-state index in [0.717, 1.165) is 5.02 Å². The molecule has 0 heterocycles. The van der Waals surface area contributed by atoms with E-state index in [-0.39, 0.29) is 0 Å². The van der Waals surface area contributed by atoms with Crippen molar-refractivity contribution in [3.63, 3.8) is 0 Å². The predicted molar refractivity (Wildman–Crippen MR) is 82.3 cm³/mol. The fourth-order valence-corrected chi connectivity index (χ4v) is 2.25. The molecule has 3 aromatic carbocycles. The van der Waals surface area contributed by atoms with Crippen LogP contribution in [-0.2, 0) is 0 Å². The Kier molecular flexibility index (Phi) is 3.35. The molecule has 0 atom stereocenters. The maximum absolute atomic E-state index is 5.90.